The third kappa shape index (κ3) is 1.56. The molecule has 0 aromatic heterocycles. The van der Waals surface area contributed by atoms with Crippen LogP contribution in [0.4, 0.5) is 0 Å². The summed E-state index contributed by atoms with van der Waals surface area (Å²) in [6, 6.07) is 0. The van der Waals surface area contributed by atoms with Crippen LogP contribution in [0.5, 0.6) is 0 Å². The minimum absolute atomic E-state index is 0.0876. The third-order valence-electron chi connectivity index (χ3n) is 1.26. The van der Waals surface area contributed by atoms with Gasteiger partial charge in [0.05, 0.1) is 23.0 Å². The molecule has 9 heavy (non-hydrogen) atoms. The monoisotopic (exact) mass is 170 g/mol. The van der Waals surface area contributed by atoms with E-state index in [9.17, 15) is 8.42 Å². The van der Waals surface area contributed by atoms with Crippen LogP contribution in [-0.4, -0.2) is 36.5 Å². The maximum Gasteiger partial charge on any atom is 0.154 e. The zero-order chi connectivity index (χ0) is 7.07. The minimum Gasteiger partial charge on any atom is -0.390 e. The Labute approximate surface area is 58.6 Å². The molecule has 1 aliphatic heterocycles. The van der Waals surface area contributed by atoms with Crippen molar-refractivity contribution in [2.45, 2.75) is 11.5 Å². The summed E-state index contributed by atoms with van der Waals surface area (Å²) >= 11 is 5.42. The van der Waals surface area contributed by atoms with Gasteiger partial charge in [0.25, 0.3) is 0 Å². The Hall–Kier alpha value is 0.200. The Morgan fingerprint density at radius 1 is 1.44 bits per heavy atom. The lowest BCUT2D eigenvalue weighted by Crippen LogP contribution is -2.16. The van der Waals surface area contributed by atoms with Gasteiger partial charge in [0, 0.05) is 0 Å². The number of sulfone groups is 1. The van der Waals surface area contributed by atoms with Gasteiger partial charge in [0.15, 0.2) is 9.84 Å². The lowest BCUT2D eigenvalue weighted by atomic mass is 10.3. The van der Waals surface area contributed by atoms with E-state index in [2.05, 4.69) is 0 Å². The van der Waals surface area contributed by atoms with Gasteiger partial charge >= 0.3 is 0 Å². The van der Waals surface area contributed by atoms with E-state index in [1.165, 1.54) is 0 Å². The van der Waals surface area contributed by atoms with Crippen molar-refractivity contribution >= 4 is 21.4 Å². The summed E-state index contributed by atoms with van der Waals surface area (Å²) < 4.78 is 21.2. The van der Waals surface area contributed by atoms with Crippen molar-refractivity contribution < 1.29 is 13.5 Å². The summed E-state index contributed by atoms with van der Waals surface area (Å²) in [4.78, 5) is 0. The van der Waals surface area contributed by atoms with Crippen LogP contribution in [0, 0.1) is 0 Å². The summed E-state index contributed by atoms with van der Waals surface area (Å²) in [5.74, 6) is -0.267. The molecule has 0 aromatic rings. The van der Waals surface area contributed by atoms with E-state index in [4.69, 9.17) is 16.7 Å². The molecule has 3 nitrogen and oxygen atoms in total. The van der Waals surface area contributed by atoms with E-state index >= 15 is 0 Å². The van der Waals surface area contributed by atoms with Crippen molar-refractivity contribution in [3.8, 4) is 0 Å². The zero-order valence-corrected chi connectivity index (χ0v) is 6.19. The lowest BCUT2D eigenvalue weighted by molar-refractivity contribution is 0.205. The van der Waals surface area contributed by atoms with Crippen LogP contribution in [-0.2, 0) is 9.84 Å². The van der Waals surface area contributed by atoms with Gasteiger partial charge in [-0.1, -0.05) is 0 Å². The molecule has 54 valence electrons. The van der Waals surface area contributed by atoms with E-state index in [0.29, 0.717) is 0 Å². The van der Waals surface area contributed by atoms with Gasteiger partial charge < -0.3 is 5.11 Å². The first kappa shape index (κ1) is 7.31. The molecule has 5 heteroatoms. The normalized spacial score (nSPS) is 41.1. The Bertz CT molecular complexity index is 182. The first-order chi connectivity index (χ1) is 4.01. The molecular formula is C4H7ClO3S. The van der Waals surface area contributed by atoms with E-state index in [0.717, 1.165) is 0 Å². The fourth-order valence-corrected chi connectivity index (χ4v) is 3.15. The SMILES string of the molecule is O=S1(=O)C[C@@H](Cl)[C@@H](O)C1. The van der Waals surface area contributed by atoms with Gasteiger partial charge in [-0.05, 0) is 0 Å². The van der Waals surface area contributed by atoms with Crippen molar-refractivity contribution in [1.82, 2.24) is 0 Å². The van der Waals surface area contributed by atoms with Crippen LogP contribution in [0.3, 0.4) is 0 Å². The summed E-state index contributed by atoms with van der Waals surface area (Å²) in [5, 5.41) is 8.22. The first-order valence-corrected chi connectivity index (χ1v) is 4.79. The number of hydrogen-bond acceptors (Lipinski definition) is 3. The van der Waals surface area contributed by atoms with Gasteiger partial charge in [-0.15, -0.1) is 11.6 Å². The molecule has 0 spiro atoms. The molecule has 0 bridgehead atoms. The second kappa shape index (κ2) is 2.11. The first-order valence-electron chi connectivity index (χ1n) is 2.54. The molecule has 0 unspecified atom stereocenters. The highest BCUT2D eigenvalue weighted by Crippen LogP contribution is 2.16. The highest BCUT2D eigenvalue weighted by molar-refractivity contribution is 7.91. The van der Waals surface area contributed by atoms with Gasteiger partial charge in [0.2, 0.25) is 0 Å². The fraction of sp³-hybridized carbons (Fsp3) is 1.00. The molecule has 0 amide bonds. The molecule has 1 aliphatic rings. The second-order valence-corrected chi connectivity index (χ2v) is 4.87. The van der Waals surface area contributed by atoms with E-state index in [1.54, 1.807) is 0 Å². The molecule has 1 rings (SSSR count). The highest BCUT2D eigenvalue weighted by atomic mass is 35.5. The number of aliphatic hydroxyl groups excluding tert-OH is 1. The quantitative estimate of drug-likeness (QED) is 0.494. The number of halogens is 1. The average Bonchev–Trinajstić information content (AvgIpc) is 1.79. The molecule has 0 aromatic carbocycles. The number of rotatable bonds is 0. The summed E-state index contributed by atoms with van der Waals surface area (Å²) in [6.07, 6.45) is -0.864. The van der Waals surface area contributed by atoms with Gasteiger partial charge in [-0.2, -0.15) is 0 Å². The van der Waals surface area contributed by atoms with Crippen LogP contribution < -0.4 is 0 Å². The molecule has 1 heterocycles. The summed E-state index contributed by atoms with van der Waals surface area (Å²) in [7, 11) is -3.03. The molecular weight excluding hydrogens is 164 g/mol. The maximum absolute atomic E-state index is 10.6. The summed E-state index contributed by atoms with van der Waals surface area (Å²) in [6.45, 7) is 0. The molecule has 2 atom stereocenters. The van der Waals surface area contributed by atoms with E-state index < -0.39 is 21.3 Å². The van der Waals surface area contributed by atoms with Crippen molar-refractivity contribution in [2.24, 2.45) is 0 Å². The molecule has 1 fully saturated rings. The molecule has 0 radical (unpaired) electrons. The standard InChI is InChI=1S/C4H7ClO3S/c5-3-1-9(7,8)2-4(3)6/h3-4,6H,1-2H2/t3-,4+/m1/s1. The largest absolute Gasteiger partial charge is 0.390 e. The Morgan fingerprint density at radius 3 is 2.11 bits per heavy atom. The predicted octanol–water partition coefficient (Wildman–Crippen LogP) is -0.617. The second-order valence-electron chi connectivity index (χ2n) is 2.16. The lowest BCUT2D eigenvalue weighted by Gasteiger charge is -1.99. The van der Waals surface area contributed by atoms with Crippen LogP contribution in [0.15, 0.2) is 0 Å². The molecule has 0 saturated carbocycles. The van der Waals surface area contributed by atoms with Crippen LogP contribution in [0.1, 0.15) is 0 Å². The highest BCUT2D eigenvalue weighted by Gasteiger charge is 2.34. The number of aliphatic hydroxyl groups is 1. The Balaban J connectivity index is 2.77. The van der Waals surface area contributed by atoms with Gasteiger partial charge in [0.1, 0.15) is 0 Å². The van der Waals surface area contributed by atoms with E-state index in [-0.39, 0.29) is 11.5 Å². The van der Waals surface area contributed by atoms with Crippen molar-refractivity contribution in [2.75, 3.05) is 11.5 Å². The minimum atomic E-state index is -3.03. The van der Waals surface area contributed by atoms with Crippen molar-refractivity contribution in [3.63, 3.8) is 0 Å². The average molecular weight is 171 g/mol. The molecule has 1 saturated heterocycles. The Kier molecular flexibility index (Phi) is 1.71. The third-order valence-corrected chi connectivity index (χ3v) is 3.60. The smallest absolute Gasteiger partial charge is 0.154 e. The predicted molar refractivity (Wildman–Crippen MR) is 34.3 cm³/mol. The summed E-state index contributed by atoms with van der Waals surface area (Å²) in [5.41, 5.74) is 0. The van der Waals surface area contributed by atoms with E-state index in [1.807, 2.05) is 0 Å². The molecule has 1 N–H and O–H groups in total. The number of hydrogen-bond donors (Lipinski definition) is 1. The fourth-order valence-electron chi connectivity index (χ4n) is 0.786. The van der Waals surface area contributed by atoms with Crippen molar-refractivity contribution in [1.29, 1.82) is 0 Å². The maximum atomic E-state index is 10.6. The van der Waals surface area contributed by atoms with Gasteiger partial charge in [-0.25, -0.2) is 8.42 Å². The zero-order valence-electron chi connectivity index (χ0n) is 4.62. The van der Waals surface area contributed by atoms with Crippen LogP contribution in [0.2, 0.25) is 0 Å². The number of alkyl halides is 1. The van der Waals surface area contributed by atoms with Crippen LogP contribution >= 0.6 is 11.6 Å². The van der Waals surface area contributed by atoms with Crippen molar-refractivity contribution in [3.05, 3.63) is 0 Å². The molecule has 0 aliphatic carbocycles. The topological polar surface area (TPSA) is 54.4 Å². The Morgan fingerprint density at radius 2 is 2.00 bits per heavy atom. The van der Waals surface area contributed by atoms with Gasteiger partial charge in [-0.3, -0.25) is 0 Å². The van der Waals surface area contributed by atoms with Crippen LogP contribution in [0.25, 0.3) is 0 Å².